The number of hydrogen-bond acceptors (Lipinski definition) is 4. The van der Waals surface area contributed by atoms with Crippen LogP contribution in [0.3, 0.4) is 0 Å². The van der Waals surface area contributed by atoms with Gasteiger partial charge in [0.1, 0.15) is 0 Å². The Balaban J connectivity index is 1.63. The molecule has 1 amide bonds. The number of benzene rings is 2. The SMILES string of the molecule is O=C(Nc1cccc(N2CCCC2)c1)C1(S(=O)(=O)c2ccc(Cl)cc2)CCCC1. The van der Waals surface area contributed by atoms with E-state index in [-0.39, 0.29) is 4.90 Å². The van der Waals surface area contributed by atoms with Crippen molar-refractivity contribution in [2.24, 2.45) is 0 Å². The van der Waals surface area contributed by atoms with Crippen molar-refractivity contribution in [2.45, 2.75) is 48.2 Å². The lowest BCUT2D eigenvalue weighted by atomic mass is 10.1. The van der Waals surface area contributed by atoms with E-state index in [1.54, 1.807) is 12.1 Å². The Bertz CT molecular complexity index is 993. The molecule has 2 aromatic rings. The Hall–Kier alpha value is -2.05. The van der Waals surface area contributed by atoms with Crippen LogP contribution in [0.5, 0.6) is 0 Å². The lowest BCUT2D eigenvalue weighted by Crippen LogP contribution is -2.47. The summed E-state index contributed by atoms with van der Waals surface area (Å²) in [7, 11) is -3.84. The maximum absolute atomic E-state index is 13.5. The van der Waals surface area contributed by atoms with Gasteiger partial charge in [0.2, 0.25) is 5.91 Å². The predicted molar refractivity (Wildman–Crippen MR) is 116 cm³/mol. The highest BCUT2D eigenvalue weighted by atomic mass is 35.5. The highest BCUT2D eigenvalue weighted by Gasteiger charge is 2.53. The summed E-state index contributed by atoms with van der Waals surface area (Å²) in [6.45, 7) is 2.01. The number of sulfone groups is 1. The standard InChI is InChI=1S/C22H25ClN2O3S/c23-17-8-10-20(11-9-17)29(27,28)22(12-1-2-13-22)21(26)24-18-6-5-7-19(16-18)25-14-3-4-15-25/h5-11,16H,1-4,12-15H2,(H,24,26). The molecule has 0 radical (unpaired) electrons. The van der Waals surface area contributed by atoms with Crippen LogP contribution in [0.2, 0.25) is 5.02 Å². The monoisotopic (exact) mass is 432 g/mol. The summed E-state index contributed by atoms with van der Waals surface area (Å²) in [5.74, 6) is -0.441. The second-order valence-corrected chi connectivity index (χ2v) is 10.6. The first kappa shape index (κ1) is 20.2. The molecule has 5 nitrogen and oxygen atoms in total. The van der Waals surface area contributed by atoms with Gasteiger partial charge in [-0.1, -0.05) is 30.5 Å². The fourth-order valence-electron chi connectivity index (χ4n) is 4.40. The van der Waals surface area contributed by atoms with Gasteiger partial charge in [-0.05, 0) is 68.1 Å². The highest BCUT2D eigenvalue weighted by molar-refractivity contribution is 7.93. The fourth-order valence-corrected chi connectivity index (χ4v) is 6.60. The Labute approximate surface area is 177 Å². The average molecular weight is 433 g/mol. The van der Waals surface area contributed by atoms with Crippen molar-refractivity contribution in [3.8, 4) is 0 Å². The largest absolute Gasteiger partial charge is 0.371 e. The molecule has 0 atom stereocenters. The number of anilines is 2. The van der Waals surface area contributed by atoms with Crippen molar-refractivity contribution in [1.82, 2.24) is 0 Å². The quantitative estimate of drug-likeness (QED) is 0.745. The summed E-state index contributed by atoms with van der Waals surface area (Å²) in [4.78, 5) is 15.8. The van der Waals surface area contributed by atoms with Crippen molar-refractivity contribution in [3.63, 3.8) is 0 Å². The third kappa shape index (κ3) is 3.76. The predicted octanol–water partition coefficient (Wildman–Crippen LogP) is 4.67. The van der Waals surface area contributed by atoms with Crippen LogP contribution in [0.25, 0.3) is 0 Å². The zero-order valence-electron chi connectivity index (χ0n) is 16.2. The number of hydrogen-bond donors (Lipinski definition) is 1. The second-order valence-electron chi connectivity index (χ2n) is 7.86. The molecular formula is C22H25ClN2O3S. The topological polar surface area (TPSA) is 66.5 Å². The summed E-state index contributed by atoms with van der Waals surface area (Å²) < 4.78 is 25.5. The van der Waals surface area contributed by atoms with E-state index in [2.05, 4.69) is 10.2 Å². The van der Waals surface area contributed by atoms with Gasteiger partial charge in [-0.2, -0.15) is 0 Å². The molecule has 0 spiro atoms. The summed E-state index contributed by atoms with van der Waals surface area (Å²) in [5, 5.41) is 3.37. The van der Waals surface area contributed by atoms with Gasteiger partial charge in [-0.15, -0.1) is 0 Å². The minimum Gasteiger partial charge on any atom is -0.371 e. The van der Waals surface area contributed by atoms with Gasteiger partial charge in [0.05, 0.1) is 4.90 Å². The number of carbonyl (C=O) groups is 1. The summed E-state index contributed by atoms with van der Waals surface area (Å²) in [5.41, 5.74) is 1.69. The van der Waals surface area contributed by atoms with Gasteiger partial charge in [-0.25, -0.2) is 8.42 Å². The Morgan fingerprint density at radius 3 is 2.28 bits per heavy atom. The number of nitrogens with one attached hydrogen (secondary N) is 1. The van der Waals surface area contributed by atoms with E-state index >= 15 is 0 Å². The molecule has 0 unspecified atom stereocenters. The molecular weight excluding hydrogens is 408 g/mol. The van der Waals surface area contributed by atoms with Gasteiger partial charge in [-0.3, -0.25) is 4.79 Å². The molecule has 1 saturated carbocycles. The Morgan fingerprint density at radius 1 is 0.966 bits per heavy atom. The average Bonchev–Trinajstić information content (AvgIpc) is 3.41. The smallest absolute Gasteiger partial charge is 0.246 e. The van der Waals surface area contributed by atoms with Gasteiger partial charge in [0.15, 0.2) is 14.6 Å². The van der Waals surface area contributed by atoms with E-state index in [4.69, 9.17) is 11.6 Å². The first-order valence-electron chi connectivity index (χ1n) is 10.1. The zero-order valence-corrected chi connectivity index (χ0v) is 17.8. The first-order chi connectivity index (χ1) is 13.9. The van der Waals surface area contributed by atoms with E-state index in [1.165, 1.54) is 25.0 Å². The fraction of sp³-hybridized carbons (Fsp3) is 0.409. The van der Waals surface area contributed by atoms with Crippen molar-refractivity contribution in [3.05, 3.63) is 53.6 Å². The van der Waals surface area contributed by atoms with E-state index in [9.17, 15) is 13.2 Å². The van der Waals surface area contributed by atoms with Crippen LogP contribution >= 0.6 is 11.6 Å². The Morgan fingerprint density at radius 2 is 1.62 bits per heavy atom. The van der Waals surface area contributed by atoms with Gasteiger partial charge < -0.3 is 10.2 Å². The summed E-state index contributed by atoms with van der Waals surface area (Å²) in [6, 6.07) is 13.7. The first-order valence-corrected chi connectivity index (χ1v) is 12.0. The molecule has 0 aromatic heterocycles. The maximum Gasteiger partial charge on any atom is 0.246 e. The Kier molecular flexibility index (Phi) is 5.58. The highest BCUT2D eigenvalue weighted by Crippen LogP contribution is 2.41. The van der Waals surface area contributed by atoms with Crippen molar-refractivity contribution in [2.75, 3.05) is 23.3 Å². The van der Waals surface area contributed by atoms with E-state index in [0.29, 0.717) is 36.4 Å². The van der Waals surface area contributed by atoms with Crippen LogP contribution in [0, 0.1) is 0 Å². The normalized spacial score (nSPS) is 18.7. The molecule has 29 heavy (non-hydrogen) atoms. The van der Waals surface area contributed by atoms with Crippen molar-refractivity contribution in [1.29, 1.82) is 0 Å². The van der Waals surface area contributed by atoms with Crippen LogP contribution in [-0.4, -0.2) is 32.2 Å². The van der Waals surface area contributed by atoms with E-state index in [0.717, 1.165) is 18.8 Å². The number of halogens is 1. The number of nitrogens with zero attached hydrogens (tertiary/aromatic N) is 1. The van der Waals surface area contributed by atoms with Gasteiger partial charge >= 0.3 is 0 Å². The third-order valence-corrected chi connectivity index (χ3v) is 8.81. The van der Waals surface area contributed by atoms with Crippen LogP contribution in [0.4, 0.5) is 11.4 Å². The van der Waals surface area contributed by atoms with Crippen molar-refractivity contribution < 1.29 is 13.2 Å². The molecule has 7 heteroatoms. The molecule has 2 aromatic carbocycles. The number of carbonyl (C=O) groups excluding carboxylic acids is 1. The molecule has 2 aliphatic rings. The van der Waals surface area contributed by atoms with Crippen LogP contribution < -0.4 is 10.2 Å². The molecule has 0 bridgehead atoms. The minimum atomic E-state index is -3.84. The lowest BCUT2D eigenvalue weighted by molar-refractivity contribution is -0.118. The maximum atomic E-state index is 13.5. The summed E-state index contributed by atoms with van der Waals surface area (Å²) >= 11 is 5.92. The molecule has 4 rings (SSSR count). The van der Waals surface area contributed by atoms with Gasteiger partial charge in [0, 0.05) is 29.5 Å². The molecule has 1 aliphatic heterocycles. The zero-order chi connectivity index (χ0) is 20.5. The van der Waals surface area contributed by atoms with Crippen molar-refractivity contribution >= 4 is 38.7 Å². The number of rotatable bonds is 5. The minimum absolute atomic E-state index is 0.143. The second kappa shape index (κ2) is 8.00. The lowest BCUT2D eigenvalue weighted by Gasteiger charge is -2.28. The molecule has 1 N–H and O–H groups in total. The van der Waals surface area contributed by atoms with E-state index in [1.807, 2.05) is 24.3 Å². The van der Waals surface area contributed by atoms with Crippen LogP contribution in [0.15, 0.2) is 53.4 Å². The van der Waals surface area contributed by atoms with Crippen LogP contribution in [0.1, 0.15) is 38.5 Å². The molecule has 1 saturated heterocycles. The molecule has 1 aliphatic carbocycles. The van der Waals surface area contributed by atoms with Gasteiger partial charge in [0.25, 0.3) is 0 Å². The summed E-state index contributed by atoms with van der Waals surface area (Å²) in [6.07, 6.45) is 4.42. The van der Waals surface area contributed by atoms with E-state index < -0.39 is 20.5 Å². The molecule has 1 heterocycles. The van der Waals surface area contributed by atoms with Crippen LogP contribution in [-0.2, 0) is 14.6 Å². The number of amides is 1. The molecule has 154 valence electrons. The molecule has 2 fully saturated rings. The third-order valence-electron chi connectivity index (χ3n) is 6.04.